The average Bonchev–Trinajstić information content (AvgIpc) is 2.66. The number of oxime groups is 1. The van der Waals surface area contributed by atoms with Gasteiger partial charge in [0.25, 0.3) is 10.0 Å². The van der Waals surface area contributed by atoms with Gasteiger partial charge < -0.3 is 10.9 Å². The fourth-order valence-electron chi connectivity index (χ4n) is 1.15. The highest BCUT2D eigenvalue weighted by molar-refractivity contribution is 7.91. The number of sulfonamides is 1. The van der Waals surface area contributed by atoms with Crippen LogP contribution in [-0.4, -0.2) is 37.4 Å². The summed E-state index contributed by atoms with van der Waals surface area (Å²) >= 11 is 6.87. The molecule has 0 aliphatic carbocycles. The maximum atomic E-state index is 12.1. The molecule has 0 spiro atoms. The molecule has 9 heteroatoms. The zero-order valence-electron chi connectivity index (χ0n) is 9.92. The lowest BCUT2D eigenvalue weighted by atomic mass is 10.4. The molecule has 0 aliphatic heterocycles. The summed E-state index contributed by atoms with van der Waals surface area (Å²) in [6.45, 7) is 1.88. The minimum absolute atomic E-state index is 0.0163. The molecule has 0 saturated carbocycles. The molecule has 0 unspecified atom stereocenters. The van der Waals surface area contributed by atoms with Gasteiger partial charge in [-0.2, -0.15) is 4.31 Å². The van der Waals surface area contributed by atoms with E-state index in [4.69, 9.17) is 22.5 Å². The monoisotopic (exact) mass is 311 g/mol. The number of nitrogens with zero attached hydrogens (tertiary/aromatic N) is 2. The minimum Gasteiger partial charge on any atom is -0.409 e. The van der Waals surface area contributed by atoms with Crippen molar-refractivity contribution in [3.05, 3.63) is 16.0 Å². The van der Waals surface area contributed by atoms with Crippen molar-refractivity contribution in [1.82, 2.24) is 4.31 Å². The van der Waals surface area contributed by atoms with Gasteiger partial charge >= 0.3 is 0 Å². The number of hydrogen-bond donors (Lipinski definition) is 2. The molecular weight excluding hydrogens is 298 g/mol. The van der Waals surface area contributed by atoms with Crippen molar-refractivity contribution in [2.75, 3.05) is 13.6 Å². The molecule has 0 radical (unpaired) electrons. The van der Waals surface area contributed by atoms with E-state index in [-0.39, 0.29) is 23.0 Å². The van der Waals surface area contributed by atoms with E-state index in [0.29, 0.717) is 4.34 Å². The van der Waals surface area contributed by atoms with Crippen molar-refractivity contribution in [2.45, 2.75) is 17.6 Å². The van der Waals surface area contributed by atoms with Gasteiger partial charge in [-0.1, -0.05) is 16.8 Å². The lowest BCUT2D eigenvalue weighted by Gasteiger charge is -2.15. The fourth-order valence-corrected chi connectivity index (χ4v) is 4.25. The Bertz CT molecular complexity index is 534. The highest BCUT2D eigenvalue weighted by atomic mass is 35.5. The summed E-state index contributed by atoms with van der Waals surface area (Å²) in [5.74, 6) is -0.0163. The Morgan fingerprint density at radius 3 is 2.72 bits per heavy atom. The molecule has 1 aromatic heterocycles. The SMILES string of the molecule is Cc1cc(S(=O)(=O)N(C)CCC(N)=NO)sc1Cl. The largest absolute Gasteiger partial charge is 0.409 e. The molecule has 0 amide bonds. The topological polar surface area (TPSA) is 96.0 Å². The fraction of sp³-hybridized carbons (Fsp3) is 0.444. The molecule has 1 rings (SSSR count). The van der Waals surface area contributed by atoms with Crippen LogP contribution in [0.25, 0.3) is 0 Å². The molecule has 6 nitrogen and oxygen atoms in total. The third-order valence-electron chi connectivity index (χ3n) is 2.31. The second kappa shape index (κ2) is 5.87. The summed E-state index contributed by atoms with van der Waals surface area (Å²) in [5.41, 5.74) is 6.02. The first-order valence-electron chi connectivity index (χ1n) is 4.97. The normalized spacial score (nSPS) is 13.2. The van der Waals surface area contributed by atoms with E-state index in [2.05, 4.69) is 5.16 Å². The van der Waals surface area contributed by atoms with Crippen molar-refractivity contribution in [1.29, 1.82) is 0 Å². The number of nitrogens with two attached hydrogens (primary N) is 1. The summed E-state index contributed by atoms with van der Waals surface area (Å²) in [6, 6.07) is 1.53. The number of amidine groups is 1. The maximum Gasteiger partial charge on any atom is 0.252 e. The Morgan fingerprint density at radius 1 is 1.67 bits per heavy atom. The lowest BCUT2D eigenvalue weighted by Crippen LogP contribution is -2.30. The first-order chi connectivity index (χ1) is 8.28. The standard InChI is InChI=1S/C9H14ClN3O3S2/c1-6-5-8(17-9(6)10)18(15,16)13(2)4-3-7(11)12-14/h5,14H,3-4H2,1-2H3,(H2,11,12). The quantitative estimate of drug-likeness (QED) is 0.372. The molecule has 102 valence electrons. The van der Waals surface area contributed by atoms with E-state index < -0.39 is 10.0 Å². The second-order valence-corrected chi connectivity index (χ2v) is 7.62. The van der Waals surface area contributed by atoms with Gasteiger partial charge in [-0.05, 0) is 18.6 Å². The number of halogens is 1. The van der Waals surface area contributed by atoms with E-state index in [1.54, 1.807) is 6.92 Å². The Labute approximate surface area is 115 Å². The van der Waals surface area contributed by atoms with E-state index in [1.165, 1.54) is 13.1 Å². The number of rotatable bonds is 5. The smallest absolute Gasteiger partial charge is 0.252 e. The molecule has 0 atom stereocenters. The molecule has 18 heavy (non-hydrogen) atoms. The van der Waals surface area contributed by atoms with E-state index >= 15 is 0 Å². The van der Waals surface area contributed by atoms with E-state index in [1.807, 2.05) is 0 Å². The first-order valence-corrected chi connectivity index (χ1v) is 7.61. The predicted octanol–water partition coefficient (Wildman–Crippen LogP) is 1.47. The van der Waals surface area contributed by atoms with Crippen molar-refractivity contribution in [2.24, 2.45) is 10.9 Å². The van der Waals surface area contributed by atoms with Crippen LogP contribution in [0.3, 0.4) is 0 Å². The van der Waals surface area contributed by atoms with Crippen LogP contribution in [0, 0.1) is 6.92 Å². The average molecular weight is 312 g/mol. The Morgan fingerprint density at radius 2 is 2.28 bits per heavy atom. The van der Waals surface area contributed by atoms with Gasteiger partial charge in [-0.3, -0.25) is 0 Å². The molecule has 3 N–H and O–H groups in total. The molecule has 1 heterocycles. The van der Waals surface area contributed by atoms with Crippen LogP contribution in [-0.2, 0) is 10.0 Å². The van der Waals surface area contributed by atoms with Crippen LogP contribution >= 0.6 is 22.9 Å². The molecule has 0 aromatic carbocycles. The number of aryl methyl sites for hydroxylation is 1. The third kappa shape index (κ3) is 3.35. The van der Waals surface area contributed by atoms with E-state index in [0.717, 1.165) is 21.2 Å². The van der Waals surface area contributed by atoms with Gasteiger partial charge in [-0.25, -0.2) is 8.42 Å². The van der Waals surface area contributed by atoms with Gasteiger partial charge in [0.05, 0.1) is 4.34 Å². The number of thiophene rings is 1. The Hall–Kier alpha value is -0.830. The number of hydrogen-bond acceptors (Lipinski definition) is 5. The highest BCUT2D eigenvalue weighted by Gasteiger charge is 2.23. The third-order valence-corrected chi connectivity index (χ3v) is 6.17. The van der Waals surface area contributed by atoms with E-state index in [9.17, 15) is 8.42 Å². The first kappa shape index (κ1) is 15.2. The molecule has 0 aliphatic rings. The Balaban J connectivity index is 2.86. The summed E-state index contributed by atoms with van der Waals surface area (Å²) in [6.07, 6.45) is 0.157. The molecule has 0 saturated heterocycles. The van der Waals surface area contributed by atoms with Crippen LogP contribution in [0.1, 0.15) is 12.0 Å². The summed E-state index contributed by atoms with van der Waals surface area (Å²) < 4.78 is 26.1. The Kier molecular flexibility index (Phi) is 4.97. The van der Waals surface area contributed by atoms with Crippen molar-refractivity contribution < 1.29 is 13.6 Å². The van der Waals surface area contributed by atoms with Crippen LogP contribution in [0.4, 0.5) is 0 Å². The van der Waals surface area contributed by atoms with Gasteiger partial charge in [0.1, 0.15) is 10.0 Å². The molecular formula is C9H14ClN3O3S2. The van der Waals surface area contributed by atoms with Crippen LogP contribution in [0.2, 0.25) is 4.34 Å². The zero-order chi connectivity index (χ0) is 13.9. The summed E-state index contributed by atoms with van der Waals surface area (Å²) in [5, 5.41) is 11.2. The van der Waals surface area contributed by atoms with Crippen LogP contribution < -0.4 is 5.73 Å². The van der Waals surface area contributed by atoms with Gasteiger partial charge in [0.15, 0.2) is 0 Å². The lowest BCUT2D eigenvalue weighted by molar-refractivity contribution is 0.316. The molecule has 0 bridgehead atoms. The van der Waals surface area contributed by atoms with Gasteiger partial charge in [-0.15, -0.1) is 11.3 Å². The highest BCUT2D eigenvalue weighted by Crippen LogP contribution is 2.31. The van der Waals surface area contributed by atoms with Gasteiger partial charge in [0.2, 0.25) is 0 Å². The minimum atomic E-state index is -3.57. The summed E-state index contributed by atoms with van der Waals surface area (Å²) in [4.78, 5) is 0. The van der Waals surface area contributed by atoms with Crippen LogP contribution in [0.15, 0.2) is 15.4 Å². The summed E-state index contributed by atoms with van der Waals surface area (Å²) in [7, 11) is -2.14. The molecule has 0 fully saturated rings. The zero-order valence-corrected chi connectivity index (χ0v) is 12.3. The van der Waals surface area contributed by atoms with Crippen molar-refractivity contribution in [3.8, 4) is 0 Å². The van der Waals surface area contributed by atoms with Crippen LogP contribution in [0.5, 0.6) is 0 Å². The maximum absolute atomic E-state index is 12.1. The predicted molar refractivity (Wildman–Crippen MR) is 71.9 cm³/mol. The van der Waals surface area contributed by atoms with Gasteiger partial charge in [0, 0.05) is 20.0 Å². The molecule has 1 aromatic rings. The van der Waals surface area contributed by atoms with Crippen molar-refractivity contribution >= 4 is 38.8 Å². The van der Waals surface area contributed by atoms with Crippen molar-refractivity contribution in [3.63, 3.8) is 0 Å². The second-order valence-electron chi connectivity index (χ2n) is 3.69.